The molecule has 0 aromatic heterocycles. The highest BCUT2D eigenvalue weighted by atomic mass is 19.1. The zero-order valence-corrected chi connectivity index (χ0v) is 11.8. The van der Waals surface area contributed by atoms with Crippen LogP contribution in [0.5, 0.6) is 11.5 Å². The molecule has 2 aromatic carbocycles. The molecule has 0 unspecified atom stereocenters. The van der Waals surface area contributed by atoms with Crippen molar-refractivity contribution in [3.8, 4) is 11.5 Å². The lowest BCUT2D eigenvalue weighted by Gasteiger charge is -2.12. The number of carbonyl (C=O) groups is 1. The molecule has 0 aliphatic carbocycles. The summed E-state index contributed by atoms with van der Waals surface area (Å²) in [4.78, 5) is 10.6. The Labute approximate surface area is 122 Å². The molecular formula is C17H15FO3. The largest absolute Gasteiger partial charge is 0.478 e. The summed E-state index contributed by atoms with van der Waals surface area (Å²) < 4.78 is 19.6. The van der Waals surface area contributed by atoms with Gasteiger partial charge in [-0.1, -0.05) is 23.8 Å². The van der Waals surface area contributed by atoms with E-state index in [1.165, 1.54) is 18.2 Å². The van der Waals surface area contributed by atoms with Crippen LogP contribution in [-0.2, 0) is 4.79 Å². The normalized spacial score (nSPS) is 10.8. The Kier molecular flexibility index (Phi) is 4.38. The molecular weight excluding hydrogens is 271 g/mol. The van der Waals surface area contributed by atoms with Gasteiger partial charge >= 0.3 is 5.97 Å². The molecule has 21 heavy (non-hydrogen) atoms. The second-order valence-corrected chi connectivity index (χ2v) is 4.69. The van der Waals surface area contributed by atoms with Gasteiger partial charge in [-0.25, -0.2) is 9.18 Å². The average Bonchev–Trinajstić information content (AvgIpc) is 2.41. The van der Waals surface area contributed by atoms with Gasteiger partial charge in [-0.05, 0) is 43.7 Å². The fourth-order valence-corrected chi connectivity index (χ4v) is 1.95. The van der Waals surface area contributed by atoms with Crippen LogP contribution in [0.25, 0.3) is 6.08 Å². The molecule has 0 heterocycles. The Balaban J connectivity index is 2.40. The standard InChI is InChI=1S/C17H15FO3/c1-11-6-8-15(12(2)10-11)21-16-5-3-4-14(18)13(16)7-9-17(19)20/h3-10H,1-2H3,(H,19,20)/b9-7+. The summed E-state index contributed by atoms with van der Waals surface area (Å²) in [6.45, 7) is 3.87. The van der Waals surface area contributed by atoms with E-state index in [-0.39, 0.29) is 11.3 Å². The number of hydrogen-bond donors (Lipinski definition) is 1. The average molecular weight is 286 g/mol. The van der Waals surface area contributed by atoms with Crippen molar-refractivity contribution in [2.75, 3.05) is 0 Å². The molecule has 1 N–H and O–H groups in total. The Morgan fingerprint density at radius 1 is 1.19 bits per heavy atom. The van der Waals surface area contributed by atoms with Crippen LogP contribution in [0, 0.1) is 19.7 Å². The van der Waals surface area contributed by atoms with E-state index in [4.69, 9.17) is 9.84 Å². The SMILES string of the molecule is Cc1ccc(Oc2cccc(F)c2/C=C/C(=O)O)c(C)c1. The number of aliphatic carboxylic acids is 1. The lowest BCUT2D eigenvalue weighted by Crippen LogP contribution is -1.94. The molecule has 4 heteroatoms. The van der Waals surface area contributed by atoms with Crippen molar-refractivity contribution >= 4 is 12.0 Å². The Morgan fingerprint density at radius 2 is 1.95 bits per heavy atom. The molecule has 0 aliphatic rings. The molecule has 0 saturated heterocycles. The summed E-state index contributed by atoms with van der Waals surface area (Å²) >= 11 is 0. The maximum absolute atomic E-state index is 13.8. The number of carboxylic acids is 1. The van der Waals surface area contributed by atoms with E-state index in [1.54, 1.807) is 12.1 Å². The monoisotopic (exact) mass is 286 g/mol. The lowest BCUT2D eigenvalue weighted by molar-refractivity contribution is -0.131. The van der Waals surface area contributed by atoms with Crippen LogP contribution in [0.2, 0.25) is 0 Å². The Bertz CT molecular complexity index is 705. The minimum atomic E-state index is -1.14. The second kappa shape index (κ2) is 6.22. The third-order valence-electron chi connectivity index (χ3n) is 2.96. The number of rotatable bonds is 4. The molecule has 0 amide bonds. The fraction of sp³-hybridized carbons (Fsp3) is 0.118. The number of ether oxygens (including phenoxy) is 1. The van der Waals surface area contributed by atoms with Gasteiger partial charge in [0.15, 0.2) is 0 Å². The van der Waals surface area contributed by atoms with Crippen molar-refractivity contribution in [1.29, 1.82) is 0 Å². The summed E-state index contributed by atoms with van der Waals surface area (Å²) in [7, 11) is 0. The molecule has 0 bridgehead atoms. The van der Waals surface area contributed by atoms with Crippen LogP contribution in [-0.4, -0.2) is 11.1 Å². The van der Waals surface area contributed by atoms with Gasteiger partial charge in [0, 0.05) is 6.08 Å². The highest BCUT2D eigenvalue weighted by Crippen LogP contribution is 2.30. The topological polar surface area (TPSA) is 46.5 Å². The third kappa shape index (κ3) is 3.69. The maximum atomic E-state index is 13.8. The van der Waals surface area contributed by atoms with Crippen molar-refractivity contribution in [2.45, 2.75) is 13.8 Å². The van der Waals surface area contributed by atoms with Gasteiger partial charge < -0.3 is 9.84 Å². The molecule has 0 atom stereocenters. The van der Waals surface area contributed by atoms with Crippen molar-refractivity contribution in [3.05, 3.63) is 65.0 Å². The van der Waals surface area contributed by atoms with Crippen LogP contribution in [0.15, 0.2) is 42.5 Å². The second-order valence-electron chi connectivity index (χ2n) is 4.69. The first-order valence-electron chi connectivity index (χ1n) is 6.42. The zero-order valence-electron chi connectivity index (χ0n) is 11.8. The Hall–Kier alpha value is -2.62. The maximum Gasteiger partial charge on any atom is 0.328 e. The van der Waals surface area contributed by atoms with Gasteiger partial charge in [0.05, 0.1) is 5.56 Å². The quantitative estimate of drug-likeness (QED) is 0.851. The smallest absolute Gasteiger partial charge is 0.328 e. The summed E-state index contributed by atoms with van der Waals surface area (Å²) in [5, 5.41) is 8.67. The highest BCUT2D eigenvalue weighted by Gasteiger charge is 2.09. The van der Waals surface area contributed by atoms with Crippen LogP contribution in [0.3, 0.4) is 0 Å². The summed E-state index contributed by atoms with van der Waals surface area (Å²) in [5.41, 5.74) is 2.14. The van der Waals surface area contributed by atoms with Gasteiger partial charge in [0.2, 0.25) is 0 Å². The van der Waals surface area contributed by atoms with Crippen LogP contribution in [0.1, 0.15) is 16.7 Å². The zero-order chi connectivity index (χ0) is 15.4. The van der Waals surface area contributed by atoms with Crippen molar-refractivity contribution in [2.24, 2.45) is 0 Å². The molecule has 0 spiro atoms. The first-order valence-corrected chi connectivity index (χ1v) is 6.42. The van der Waals surface area contributed by atoms with Crippen molar-refractivity contribution in [1.82, 2.24) is 0 Å². The number of benzene rings is 2. The van der Waals surface area contributed by atoms with Crippen LogP contribution in [0.4, 0.5) is 4.39 Å². The summed E-state index contributed by atoms with van der Waals surface area (Å²) in [6, 6.07) is 10.0. The first kappa shape index (κ1) is 14.8. The van der Waals surface area contributed by atoms with Crippen LogP contribution < -0.4 is 4.74 Å². The molecule has 0 aliphatic heterocycles. The number of aryl methyl sites for hydroxylation is 2. The first-order chi connectivity index (χ1) is 9.97. The van der Waals surface area contributed by atoms with Gasteiger partial charge in [-0.2, -0.15) is 0 Å². The lowest BCUT2D eigenvalue weighted by atomic mass is 10.1. The van der Waals surface area contributed by atoms with Crippen molar-refractivity contribution < 1.29 is 19.0 Å². The van der Waals surface area contributed by atoms with E-state index in [1.807, 2.05) is 26.0 Å². The molecule has 0 saturated carbocycles. The number of hydrogen-bond acceptors (Lipinski definition) is 2. The van der Waals surface area contributed by atoms with E-state index >= 15 is 0 Å². The van der Waals surface area contributed by atoms with Gasteiger partial charge in [-0.3, -0.25) is 0 Å². The Morgan fingerprint density at radius 3 is 2.62 bits per heavy atom. The predicted molar refractivity (Wildman–Crippen MR) is 79.1 cm³/mol. The molecule has 2 aromatic rings. The van der Waals surface area contributed by atoms with E-state index < -0.39 is 11.8 Å². The van der Waals surface area contributed by atoms with E-state index in [9.17, 15) is 9.18 Å². The van der Waals surface area contributed by atoms with Gasteiger partial charge in [-0.15, -0.1) is 0 Å². The highest BCUT2D eigenvalue weighted by molar-refractivity contribution is 5.86. The van der Waals surface area contributed by atoms with E-state index in [0.29, 0.717) is 5.75 Å². The molecule has 108 valence electrons. The van der Waals surface area contributed by atoms with E-state index in [2.05, 4.69) is 0 Å². The minimum absolute atomic E-state index is 0.111. The summed E-state index contributed by atoms with van der Waals surface area (Å²) in [6.07, 6.45) is 2.07. The molecule has 3 nitrogen and oxygen atoms in total. The van der Waals surface area contributed by atoms with E-state index in [0.717, 1.165) is 17.2 Å². The predicted octanol–water partition coefficient (Wildman–Crippen LogP) is 4.33. The third-order valence-corrected chi connectivity index (χ3v) is 2.96. The van der Waals surface area contributed by atoms with Crippen molar-refractivity contribution in [3.63, 3.8) is 0 Å². The summed E-state index contributed by atoms with van der Waals surface area (Å²) in [5.74, 6) is -0.791. The van der Waals surface area contributed by atoms with Gasteiger partial charge in [0.1, 0.15) is 17.3 Å². The van der Waals surface area contributed by atoms with Crippen LogP contribution >= 0.6 is 0 Å². The van der Waals surface area contributed by atoms with Gasteiger partial charge in [0.25, 0.3) is 0 Å². The number of carboxylic acid groups (broad SMARTS) is 1. The molecule has 2 rings (SSSR count). The fourth-order valence-electron chi connectivity index (χ4n) is 1.95. The minimum Gasteiger partial charge on any atom is -0.478 e. The molecule has 0 fully saturated rings. The number of halogens is 1. The molecule has 0 radical (unpaired) electrons.